The first-order valence-corrected chi connectivity index (χ1v) is 7.99. The van der Waals surface area contributed by atoms with Crippen molar-refractivity contribution >= 4 is 22.7 Å². The molecule has 3 aromatic heterocycles. The fourth-order valence-electron chi connectivity index (χ4n) is 2.27. The Labute approximate surface area is 125 Å². The number of rotatable bonds is 4. The normalized spacial score (nSPS) is 11.2. The molecule has 0 aliphatic heterocycles. The number of ether oxygens (including phenoxy) is 1. The van der Waals surface area contributed by atoms with Crippen LogP contribution >= 0.6 is 22.7 Å². The van der Waals surface area contributed by atoms with Gasteiger partial charge in [-0.05, 0) is 19.9 Å². The molecular formula is C14H15N3OS2. The van der Waals surface area contributed by atoms with E-state index in [0.717, 1.165) is 21.4 Å². The topological polar surface area (TPSA) is 39.9 Å². The summed E-state index contributed by atoms with van der Waals surface area (Å²) in [6.45, 7) is 4.77. The smallest absolute Gasteiger partial charge is 0.193 e. The second-order valence-corrected chi connectivity index (χ2v) is 6.31. The van der Waals surface area contributed by atoms with Gasteiger partial charge in [-0.15, -0.1) is 22.7 Å². The summed E-state index contributed by atoms with van der Waals surface area (Å²) in [7, 11) is 1.69. The molecule has 4 nitrogen and oxygen atoms in total. The lowest BCUT2D eigenvalue weighted by molar-refractivity contribution is 0.184. The molecule has 0 spiro atoms. The second kappa shape index (κ2) is 5.47. The van der Waals surface area contributed by atoms with E-state index in [2.05, 4.69) is 39.8 Å². The molecule has 0 unspecified atom stereocenters. The zero-order valence-corrected chi connectivity index (χ0v) is 13.2. The number of nitrogens with zero attached hydrogens (tertiary/aromatic N) is 3. The maximum atomic E-state index is 5.13. The summed E-state index contributed by atoms with van der Waals surface area (Å²) in [4.78, 5) is 9.02. The van der Waals surface area contributed by atoms with E-state index in [1.807, 2.05) is 11.6 Å². The molecular weight excluding hydrogens is 290 g/mol. The molecule has 0 fully saturated rings. The van der Waals surface area contributed by atoms with Crippen molar-refractivity contribution in [3.05, 3.63) is 39.4 Å². The number of aromatic nitrogens is 3. The summed E-state index contributed by atoms with van der Waals surface area (Å²) >= 11 is 3.27. The average molecular weight is 305 g/mol. The van der Waals surface area contributed by atoms with Crippen LogP contribution in [-0.4, -0.2) is 21.6 Å². The van der Waals surface area contributed by atoms with Crippen molar-refractivity contribution in [2.45, 2.75) is 20.5 Å². The largest absolute Gasteiger partial charge is 0.378 e. The maximum Gasteiger partial charge on any atom is 0.193 e. The summed E-state index contributed by atoms with van der Waals surface area (Å²) < 4.78 is 7.31. The molecule has 6 heteroatoms. The molecule has 3 rings (SSSR count). The van der Waals surface area contributed by atoms with Gasteiger partial charge in [0, 0.05) is 41.0 Å². The van der Waals surface area contributed by atoms with Crippen LogP contribution in [0.25, 0.3) is 16.4 Å². The Kier molecular flexibility index (Phi) is 3.69. The number of methoxy groups -OCH3 is 1. The van der Waals surface area contributed by atoms with Crippen molar-refractivity contribution in [3.8, 4) is 16.4 Å². The Balaban J connectivity index is 2.04. The van der Waals surface area contributed by atoms with Gasteiger partial charge in [-0.25, -0.2) is 9.97 Å². The van der Waals surface area contributed by atoms with Crippen molar-refractivity contribution < 1.29 is 4.74 Å². The minimum atomic E-state index is 0.565. The zero-order chi connectivity index (χ0) is 14.1. The molecule has 20 heavy (non-hydrogen) atoms. The molecule has 0 amide bonds. The molecule has 3 heterocycles. The predicted molar refractivity (Wildman–Crippen MR) is 82.7 cm³/mol. The predicted octanol–water partition coefficient (Wildman–Crippen LogP) is 3.82. The highest BCUT2D eigenvalue weighted by Crippen LogP contribution is 2.30. The first-order chi connectivity index (χ1) is 9.70. The highest BCUT2D eigenvalue weighted by atomic mass is 32.1. The van der Waals surface area contributed by atoms with Crippen LogP contribution in [0.4, 0.5) is 0 Å². The monoisotopic (exact) mass is 305 g/mol. The van der Waals surface area contributed by atoms with Crippen molar-refractivity contribution in [3.63, 3.8) is 0 Å². The summed E-state index contributed by atoms with van der Waals surface area (Å²) in [5.41, 5.74) is 4.52. The maximum absolute atomic E-state index is 5.13. The fraction of sp³-hybridized carbons (Fsp3) is 0.286. The van der Waals surface area contributed by atoms with E-state index < -0.39 is 0 Å². The molecule has 0 saturated carbocycles. The van der Waals surface area contributed by atoms with Crippen LogP contribution < -0.4 is 0 Å². The Bertz CT molecular complexity index is 713. The highest BCUT2D eigenvalue weighted by Gasteiger charge is 2.15. The first-order valence-electron chi connectivity index (χ1n) is 6.23. The zero-order valence-electron chi connectivity index (χ0n) is 11.6. The van der Waals surface area contributed by atoms with Gasteiger partial charge in [-0.2, -0.15) is 0 Å². The number of hydrogen-bond donors (Lipinski definition) is 0. The van der Waals surface area contributed by atoms with Crippen molar-refractivity contribution in [1.29, 1.82) is 0 Å². The molecule has 0 aromatic carbocycles. The third-order valence-electron chi connectivity index (χ3n) is 3.14. The molecule has 0 N–H and O–H groups in total. The highest BCUT2D eigenvalue weighted by molar-refractivity contribution is 7.12. The summed E-state index contributed by atoms with van der Waals surface area (Å²) in [6, 6.07) is 2.17. The third-order valence-corrected chi connectivity index (χ3v) is 4.72. The van der Waals surface area contributed by atoms with Crippen molar-refractivity contribution in [2.75, 3.05) is 7.11 Å². The van der Waals surface area contributed by atoms with Crippen molar-refractivity contribution in [2.24, 2.45) is 0 Å². The van der Waals surface area contributed by atoms with Crippen molar-refractivity contribution in [1.82, 2.24) is 14.5 Å². The van der Waals surface area contributed by atoms with E-state index in [4.69, 9.17) is 4.74 Å². The van der Waals surface area contributed by atoms with Gasteiger partial charge in [0.05, 0.1) is 12.3 Å². The molecule has 0 aliphatic carbocycles. The van der Waals surface area contributed by atoms with E-state index in [-0.39, 0.29) is 0 Å². The van der Waals surface area contributed by atoms with Gasteiger partial charge < -0.3 is 4.74 Å². The number of aryl methyl sites for hydroxylation is 1. The standard InChI is InChI=1S/C14H15N3OS2/c1-9-6-11(12-8-20-13(16-12)7-18-3)10(2)17(9)14-15-4-5-19-14/h4-6,8H,7H2,1-3H3. The molecule has 0 saturated heterocycles. The lowest BCUT2D eigenvalue weighted by atomic mass is 10.2. The van der Waals surface area contributed by atoms with E-state index >= 15 is 0 Å². The Hall–Kier alpha value is -1.50. The number of hydrogen-bond acceptors (Lipinski definition) is 5. The molecule has 3 aromatic rings. The van der Waals surface area contributed by atoms with Gasteiger partial charge in [-0.3, -0.25) is 4.57 Å². The van der Waals surface area contributed by atoms with Crippen LogP contribution in [0.1, 0.15) is 16.4 Å². The molecule has 0 aliphatic rings. The van der Waals surface area contributed by atoms with Gasteiger partial charge in [0.2, 0.25) is 0 Å². The molecule has 0 bridgehead atoms. The van der Waals surface area contributed by atoms with Crippen LogP contribution in [0.3, 0.4) is 0 Å². The lowest BCUT2D eigenvalue weighted by Crippen LogP contribution is -1.98. The summed E-state index contributed by atoms with van der Waals surface area (Å²) in [5, 5.41) is 6.08. The Morgan fingerprint density at radius 2 is 2.15 bits per heavy atom. The minimum absolute atomic E-state index is 0.565. The second-order valence-electron chi connectivity index (χ2n) is 4.49. The summed E-state index contributed by atoms with van der Waals surface area (Å²) in [6.07, 6.45) is 1.83. The van der Waals surface area contributed by atoms with Gasteiger partial charge in [0.1, 0.15) is 5.01 Å². The SMILES string of the molecule is COCc1nc(-c2cc(C)n(-c3nccs3)c2C)cs1. The third kappa shape index (κ3) is 2.30. The van der Waals surface area contributed by atoms with Crippen LogP contribution in [0, 0.1) is 13.8 Å². The summed E-state index contributed by atoms with van der Waals surface area (Å²) in [5.74, 6) is 0. The van der Waals surface area contributed by atoms with Crippen LogP contribution in [0.2, 0.25) is 0 Å². The van der Waals surface area contributed by atoms with Gasteiger partial charge in [-0.1, -0.05) is 0 Å². The molecule has 0 atom stereocenters. The Morgan fingerprint density at radius 1 is 1.30 bits per heavy atom. The molecule has 104 valence electrons. The molecule has 0 radical (unpaired) electrons. The Morgan fingerprint density at radius 3 is 2.85 bits per heavy atom. The van der Waals surface area contributed by atoms with Gasteiger partial charge in [0.25, 0.3) is 0 Å². The number of thiazole rings is 2. The quantitative estimate of drug-likeness (QED) is 0.735. The van der Waals surface area contributed by atoms with Crippen LogP contribution in [-0.2, 0) is 11.3 Å². The first kappa shape index (κ1) is 13.5. The van der Waals surface area contributed by atoms with E-state index in [9.17, 15) is 0 Å². The minimum Gasteiger partial charge on any atom is -0.378 e. The van der Waals surface area contributed by atoms with Crippen LogP contribution in [0.15, 0.2) is 23.0 Å². The van der Waals surface area contributed by atoms with Gasteiger partial charge in [0.15, 0.2) is 5.13 Å². The average Bonchev–Trinajstić information content (AvgIpc) is 3.11. The van der Waals surface area contributed by atoms with E-state index in [1.165, 1.54) is 11.4 Å². The fourth-order valence-corrected chi connectivity index (χ4v) is 3.78. The van der Waals surface area contributed by atoms with Crippen LogP contribution in [0.5, 0.6) is 0 Å². The van der Waals surface area contributed by atoms with Gasteiger partial charge >= 0.3 is 0 Å². The lowest BCUT2D eigenvalue weighted by Gasteiger charge is -2.04. The van der Waals surface area contributed by atoms with E-state index in [1.54, 1.807) is 29.8 Å². The van der Waals surface area contributed by atoms with E-state index in [0.29, 0.717) is 6.61 Å².